The fourth-order valence-electron chi connectivity index (χ4n) is 2.00. The van der Waals surface area contributed by atoms with Gasteiger partial charge in [0.2, 0.25) is 0 Å². The molecule has 0 spiro atoms. The molecule has 1 aromatic carbocycles. The largest absolute Gasteiger partial charge is 0.497 e. The molecular weight excluding hydrogens is 322 g/mol. The molecule has 0 aliphatic carbocycles. The van der Waals surface area contributed by atoms with Gasteiger partial charge in [-0.2, -0.15) is 0 Å². The highest BCUT2D eigenvalue weighted by molar-refractivity contribution is 7.22. The molecule has 3 aromatic rings. The van der Waals surface area contributed by atoms with Crippen LogP contribution in [0.1, 0.15) is 10.4 Å². The number of fused-ring (bicyclic) bond motifs is 1. The number of carbonyl (C=O) groups is 1. The van der Waals surface area contributed by atoms with Crippen molar-refractivity contribution in [2.75, 3.05) is 19.5 Å². The topological polar surface area (TPSA) is 86.5 Å². The van der Waals surface area contributed by atoms with E-state index in [1.807, 2.05) is 6.07 Å². The highest BCUT2D eigenvalue weighted by Gasteiger charge is 2.14. The number of primary amides is 1. The molecule has 22 heavy (non-hydrogen) atoms. The molecule has 8 heteroatoms. The van der Waals surface area contributed by atoms with Crippen molar-refractivity contribution < 1.29 is 14.3 Å². The normalized spacial score (nSPS) is 10.6. The Bertz CT molecular complexity index is 841. The number of benzene rings is 1. The summed E-state index contributed by atoms with van der Waals surface area (Å²) in [6.45, 7) is 0. The average molecular weight is 335 g/mol. The zero-order valence-electron chi connectivity index (χ0n) is 11.9. The fourth-order valence-corrected chi connectivity index (χ4v) is 3.77. The standard InChI is InChI=1S/C14H13N3O3S2/c1-19-7-5-9(20-2)11-10(6-7)22-14(16-11)17-13-8(12(15)18)3-4-21-13/h3-6H,1-2H3,(H2,15,18)(H,16,17). The molecule has 1 amide bonds. The van der Waals surface area contributed by atoms with Gasteiger partial charge in [0.15, 0.2) is 5.13 Å². The van der Waals surface area contributed by atoms with Crippen molar-refractivity contribution in [3.05, 3.63) is 29.1 Å². The van der Waals surface area contributed by atoms with Crippen molar-refractivity contribution in [2.24, 2.45) is 5.73 Å². The first-order valence-corrected chi connectivity index (χ1v) is 7.99. The Labute approximate surface area is 134 Å². The molecule has 0 bridgehead atoms. The third-order valence-electron chi connectivity index (χ3n) is 3.04. The van der Waals surface area contributed by atoms with Gasteiger partial charge in [0.25, 0.3) is 5.91 Å². The van der Waals surface area contributed by atoms with Crippen molar-refractivity contribution in [3.63, 3.8) is 0 Å². The van der Waals surface area contributed by atoms with Gasteiger partial charge < -0.3 is 20.5 Å². The summed E-state index contributed by atoms with van der Waals surface area (Å²) in [5.74, 6) is 0.873. The smallest absolute Gasteiger partial charge is 0.251 e. The summed E-state index contributed by atoms with van der Waals surface area (Å²) >= 11 is 2.85. The average Bonchev–Trinajstić information content (AvgIpc) is 3.12. The second-order valence-corrected chi connectivity index (χ2v) is 6.29. The molecule has 2 heterocycles. The Morgan fingerprint density at radius 2 is 2.14 bits per heavy atom. The molecule has 2 aromatic heterocycles. The van der Waals surface area contributed by atoms with Crippen LogP contribution in [0.5, 0.6) is 11.5 Å². The second kappa shape index (κ2) is 5.82. The van der Waals surface area contributed by atoms with Gasteiger partial charge in [-0.15, -0.1) is 11.3 Å². The van der Waals surface area contributed by atoms with Gasteiger partial charge in [0, 0.05) is 6.07 Å². The van der Waals surface area contributed by atoms with Crippen molar-refractivity contribution in [3.8, 4) is 11.5 Å². The number of hydrogen-bond acceptors (Lipinski definition) is 7. The molecule has 3 N–H and O–H groups in total. The predicted molar refractivity (Wildman–Crippen MR) is 88.8 cm³/mol. The predicted octanol–water partition coefficient (Wildman–Crippen LogP) is 3.22. The summed E-state index contributed by atoms with van der Waals surface area (Å²) in [6.07, 6.45) is 0. The van der Waals surface area contributed by atoms with Crippen molar-refractivity contribution in [2.45, 2.75) is 0 Å². The van der Waals surface area contributed by atoms with E-state index in [2.05, 4.69) is 10.3 Å². The number of rotatable bonds is 5. The van der Waals surface area contributed by atoms with Crippen LogP contribution in [0.2, 0.25) is 0 Å². The highest BCUT2D eigenvalue weighted by Crippen LogP contribution is 2.38. The van der Waals surface area contributed by atoms with Crippen LogP contribution in [0.4, 0.5) is 10.1 Å². The highest BCUT2D eigenvalue weighted by atomic mass is 32.1. The number of nitrogens with one attached hydrogen (secondary N) is 1. The Kier molecular flexibility index (Phi) is 3.86. The third kappa shape index (κ3) is 2.58. The van der Waals surface area contributed by atoms with E-state index in [1.54, 1.807) is 31.7 Å². The first-order chi connectivity index (χ1) is 10.6. The number of anilines is 2. The lowest BCUT2D eigenvalue weighted by molar-refractivity contribution is 0.100. The van der Waals surface area contributed by atoms with Crippen molar-refractivity contribution >= 4 is 48.9 Å². The SMILES string of the molecule is COc1cc(OC)c2nc(Nc3sccc3C(N)=O)sc2c1. The van der Waals surface area contributed by atoms with Crippen LogP contribution in [0.15, 0.2) is 23.6 Å². The van der Waals surface area contributed by atoms with Gasteiger partial charge >= 0.3 is 0 Å². The van der Waals surface area contributed by atoms with Crippen molar-refractivity contribution in [1.29, 1.82) is 0 Å². The van der Waals surface area contributed by atoms with Crippen molar-refractivity contribution in [1.82, 2.24) is 4.98 Å². The molecule has 0 radical (unpaired) electrons. The molecule has 6 nitrogen and oxygen atoms in total. The maximum absolute atomic E-state index is 11.4. The summed E-state index contributed by atoms with van der Waals surface area (Å²) < 4.78 is 11.5. The number of carbonyl (C=O) groups excluding carboxylic acids is 1. The minimum Gasteiger partial charge on any atom is -0.497 e. The summed E-state index contributed by atoms with van der Waals surface area (Å²) in [7, 11) is 3.19. The Hall–Kier alpha value is -2.32. The van der Waals surface area contributed by atoms with Crippen LogP contribution in [0, 0.1) is 0 Å². The molecular formula is C14H13N3O3S2. The summed E-state index contributed by atoms with van der Waals surface area (Å²) in [5.41, 5.74) is 6.54. The molecule has 0 aliphatic heterocycles. The number of amides is 1. The molecule has 0 saturated carbocycles. The first kappa shape index (κ1) is 14.6. The quantitative estimate of drug-likeness (QED) is 0.747. The number of methoxy groups -OCH3 is 2. The maximum atomic E-state index is 11.4. The first-order valence-electron chi connectivity index (χ1n) is 6.29. The van der Waals surface area contributed by atoms with E-state index in [1.165, 1.54) is 22.7 Å². The van der Waals surface area contributed by atoms with E-state index in [0.717, 1.165) is 10.2 Å². The van der Waals surface area contributed by atoms with Crippen LogP contribution in [0.25, 0.3) is 10.2 Å². The van der Waals surface area contributed by atoms with Gasteiger partial charge in [-0.3, -0.25) is 4.79 Å². The summed E-state index contributed by atoms with van der Waals surface area (Å²) in [6, 6.07) is 5.36. The van der Waals surface area contributed by atoms with Crippen LogP contribution >= 0.6 is 22.7 Å². The number of nitrogens with two attached hydrogens (primary N) is 1. The minimum absolute atomic E-state index is 0.453. The van der Waals surface area contributed by atoms with Crippen LogP contribution in [-0.4, -0.2) is 25.1 Å². The summed E-state index contributed by atoms with van der Waals surface area (Å²) in [5, 5.41) is 6.28. The Morgan fingerprint density at radius 3 is 2.82 bits per heavy atom. The van der Waals surface area contributed by atoms with Gasteiger partial charge in [0.05, 0.1) is 24.5 Å². The summed E-state index contributed by atoms with van der Waals surface area (Å²) in [4.78, 5) is 15.9. The number of thiazole rings is 1. The zero-order chi connectivity index (χ0) is 15.7. The van der Waals surface area contributed by atoms with Crippen LogP contribution < -0.4 is 20.5 Å². The molecule has 0 saturated heterocycles. The van der Waals surface area contributed by atoms with Gasteiger partial charge in [0.1, 0.15) is 22.0 Å². The van der Waals surface area contributed by atoms with E-state index in [4.69, 9.17) is 15.2 Å². The van der Waals surface area contributed by atoms with E-state index in [-0.39, 0.29) is 0 Å². The number of ether oxygens (including phenoxy) is 2. The molecule has 3 rings (SSSR count). The molecule has 114 valence electrons. The molecule has 0 fully saturated rings. The lowest BCUT2D eigenvalue weighted by atomic mass is 10.3. The number of nitrogens with zero attached hydrogens (tertiary/aromatic N) is 1. The van der Waals surface area contributed by atoms with E-state index in [0.29, 0.717) is 27.2 Å². The lowest BCUT2D eigenvalue weighted by Crippen LogP contribution is -2.11. The van der Waals surface area contributed by atoms with Crippen LogP contribution in [-0.2, 0) is 0 Å². The minimum atomic E-state index is -0.468. The molecule has 0 atom stereocenters. The van der Waals surface area contributed by atoms with Gasteiger partial charge in [-0.05, 0) is 17.5 Å². The third-order valence-corrected chi connectivity index (χ3v) is 4.79. The fraction of sp³-hybridized carbons (Fsp3) is 0.143. The second-order valence-electron chi connectivity index (χ2n) is 4.35. The van der Waals surface area contributed by atoms with E-state index < -0.39 is 5.91 Å². The monoisotopic (exact) mass is 335 g/mol. The van der Waals surface area contributed by atoms with E-state index in [9.17, 15) is 4.79 Å². The van der Waals surface area contributed by atoms with Gasteiger partial charge in [-0.25, -0.2) is 4.98 Å². The Morgan fingerprint density at radius 1 is 1.32 bits per heavy atom. The number of thiophene rings is 1. The lowest BCUT2D eigenvalue weighted by Gasteiger charge is -2.03. The van der Waals surface area contributed by atoms with E-state index >= 15 is 0 Å². The number of aromatic nitrogens is 1. The van der Waals surface area contributed by atoms with Crippen LogP contribution in [0.3, 0.4) is 0 Å². The molecule has 0 aliphatic rings. The Balaban J connectivity index is 2.01. The maximum Gasteiger partial charge on any atom is 0.251 e. The zero-order valence-corrected chi connectivity index (χ0v) is 13.5. The van der Waals surface area contributed by atoms with Gasteiger partial charge in [-0.1, -0.05) is 11.3 Å². The number of hydrogen-bond donors (Lipinski definition) is 2. The molecule has 0 unspecified atom stereocenters.